The minimum absolute atomic E-state index is 0.108. The van der Waals surface area contributed by atoms with Crippen molar-refractivity contribution in [3.8, 4) is 0 Å². The molecule has 7 heteroatoms. The summed E-state index contributed by atoms with van der Waals surface area (Å²) in [6.07, 6.45) is 3.31. The minimum atomic E-state index is -0.954. The van der Waals surface area contributed by atoms with Gasteiger partial charge in [0.15, 0.2) is 0 Å². The molecule has 0 radical (unpaired) electrons. The van der Waals surface area contributed by atoms with Crippen molar-refractivity contribution >= 4 is 23.8 Å². The number of aliphatic carboxylic acids is 1. The lowest BCUT2D eigenvalue weighted by atomic mass is 10.1. The van der Waals surface area contributed by atoms with Crippen LogP contribution in [0, 0.1) is 5.92 Å². The summed E-state index contributed by atoms with van der Waals surface area (Å²) < 4.78 is 0. The molecular formula is C14H19N3O3S. The lowest BCUT2D eigenvalue weighted by Gasteiger charge is -2.29. The number of hydrogen-bond acceptors (Lipinski definition) is 4. The van der Waals surface area contributed by atoms with Crippen molar-refractivity contribution in [2.75, 3.05) is 5.75 Å². The van der Waals surface area contributed by atoms with E-state index >= 15 is 0 Å². The van der Waals surface area contributed by atoms with Crippen LogP contribution in [0.4, 0.5) is 4.79 Å². The molecule has 2 unspecified atom stereocenters. The first-order valence-corrected chi connectivity index (χ1v) is 7.85. The molecule has 0 spiro atoms. The summed E-state index contributed by atoms with van der Waals surface area (Å²) in [6, 6.07) is 2.53. The van der Waals surface area contributed by atoms with Gasteiger partial charge in [-0.25, -0.2) is 9.59 Å². The Hall–Kier alpha value is -1.76. The van der Waals surface area contributed by atoms with Crippen molar-refractivity contribution in [2.45, 2.75) is 31.8 Å². The van der Waals surface area contributed by atoms with Gasteiger partial charge in [-0.2, -0.15) is 0 Å². The average Bonchev–Trinajstić information content (AvgIpc) is 2.91. The van der Waals surface area contributed by atoms with Crippen LogP contribution in [0.5, 0.6) is 0 Å². The molecule has 114 valence electrons. The molecule has 2 heterocycles. The Labute approximate surface area is 127 Å². The highest BCUT2D eigenvalue weighted by atomic mass is 32.2. The molecule has 1 aliphatic rings. The number of carbonyl (C=O) groups is 2. The zero-order valence-electron chi connectivity index (χ0n) is 12.0. The molecule has 6 nitrogen and oxygen atoms in total. The minimum Gasteiger partial charge on any atom is -0.480 e. The Kier molecular flexibility index (Phi) is 5.06. The number of hydrogen-bond donors (Lipinski definition) is 2. The van der Waals surface area contributed by atoms with Crippen molar-refractivity contribution in [3.05, 3.63) is 30.1 Å². The number of carbonyl (C=O) groups excluding carboxylic acids is 1. The third kappa shape index (κ3) is 3.66. The van der Waals surface area contributed by atoms with Crippen molar-refractivity contribution in [1.82, 2.24) is 15.2 Å². The maximum atomic E-state index is 12.4. The Balaban J connectivity index is 2.05. The van der Waals surface area contributed by atoms with Crippen LogP contribution in [-0.4, -0.2) is 44.2 Å². The largest absolute Gasteiger partial charge is 0.480 e. The van der Waals surface area contributed by atoms with Crippen LogP contribution in [0.2, 0.25) is 0 Å². The molecule has 0 saturated carbocycles. The van der Waals surface area contributed by atoms with E-state index in [0.29, 0.717) is 12.3 Å². The molecule has 1 aromatic heterocycles. The first-order valence-electron chi connectivity index (χ1n) is 6.80. The molecule has 1 aromatic rings. The summed E-state index contributed by atoms with van der Waals surface area (Å²) in [5, 5.41) is 12.0. The number of aromatic nitrogens is 1. The quantitative estimate of drug-likeness (QED) is 0.886. The molecule has 1 saturated heterocycles. The molecular weight excluding hydrogens is 290 g/mol. The Morgan fingerprint density at radius 1 is 1.48 bits per heavy atom. The summed E-state index contributed by atoms with van der Waals surface area (Å²) in [4.78, 5) is 29.1. The van der Waals surface area contributed by atoms with Gasteiger partial charge in [-0.3, -0.25) is 9.88 Å². The van der Waals surface area contributed by atoms with Gasteiger partial charge < -0.3 is 10.4 Å². The van der Waals surface area contributed by atoms with E-state index in [1.54, 1.807) is 12.4 Å². The maximum absolute atomic E-state index is 12.4. The lowest BCUT2D eigenvalue weighted by molar-refractivity contribution is -0.141. The van der Waals surface area contributed by atoms with E-state index in [2.05, 4.69) is 10.3 Å². The number of carboxylic acid groups (broad SMARTS) is 1. The highest BCUT2D eigenvalue weighted by molar-refractivity contribution is 8.00. The Bertz CT molecular complexity index is 509. The SMILES string of the molecule is CC(C)C1SCC(C(=O)O)N1C(=O)NCc1ccncc1. The maximum Gasteiger partial charge on any atom is 0.327 e. The number of nitrogens with one attached hydrogen (secondary N) is 1. The van der Waals surface area contributed by atoms with Crippen LogP contribution >= 0.6 is 11.8 Å². The predicted molar refractivity (Wildman–Crippen MR) is 80.8 cm³/mol. The van der Waals surface area contributed by atoms with Crippen LogP contribution < -0.4 is 5.32 Å². The number of pyridine rings is 1. The number of rotatable bonds is 4. The number of nitrogens with zero attached hydrogens (tertiary/aromatic N) is 2. The first-order chi connectivity index (χ1) is 10.0. The fourth-order valence-electron chi connectivity index (χ4n) is 2.26. The standard InChI is InChI=1S/C14H19N3O3S/c1-9(2)12-17(11(8-21-12)13(18)19)14(20)16-7-10-3-5-15-6-4-10/h3-6,9,11-12H,7-8H2,1-2H3,(H,16,20)(H,18,19). The lowest BCUT2D eigenvalue weighted by Crippen LogP contribution is -2.51. The highest BCUT2D eigenvalue weighted by Crippen LogP contribution is 2.34. The topological polar surface area (TPSA) is 82.5 Å². The third-order valence-electron chi connectivity index (χ3n) is 3.32. The average molecular weight is 309 g/mol. The van der Waals surface area contributed by atoms with E-state index in [9.17, 15) is 14.7 Å². The van der Waals surface area contributed by atoms with Gasteiger partial charge in [-0.05, 0) is 23.6 Å². The van der Waals surface area contributed by atoms with Crippen molar-refractivity contribution in [1.29, 1.82) is 0 Å². The van der Waals surface area contributed by atoms with Crippen molar-refractivity contribution in [3.63, 3.8) is 0 Å². The van der Waals surface area contributed by atoms with Crippen LogP contribution in [0.25, 0.3) is 0 Å². The molecule has 2 N–H and O–H groups in total. The molecule has 0 bridgehead atoms. The second-order valence-corrected chi connectivity index (χ2v) is 6.39. The van der Waals surface area contributed by atoms with Crippen LogP contribution in [0.3, 0.4) is 0 Å². The smallest absolute Gasteiger partial charge is 0.327 e. The van der Waals surface area contributed by atoms with E-state index in [1.807, 2.05) is 26.0 Å². The molecule has 1 fully saturated rings. The van der Waals surface area contributed by atoms with E-state index < -0.39 is 12.0 Å². The predicted octanol–water partition coefficient (Wildman–Crippen LogP) is 1.78. The molecule has 2 atom stereocenters. The number of urea groups is 1. The monoisotopic (exact) mass is 309 g/mol. The van der Waals surface area contributed by atoms with Gasteiger partial charge in [0, 0.05) is 24.7 Å². The third-order valence-corrected chi connectivity index (χ3v) is 4.94. The normalized spacial score (nSPS) is 21.6. The van der Waals surface area contributed by atoms with Crippen molar-refractivity contribution < 1.29 is 14.7 Å². The van der Waals surface area contributed by atoms with Crippen molar-refractivity contribution in [2.24, 2.45) is 5.92 Å². The number of amides is 2. The molecule has 0 aromatic carbocycles. The zero-order valence-corrected chi connectivity index (χ0v) is 12.8. The second kappa shape index (κ2) is 6.80. The van der Waals surface area contributed by atoms with Gasteiger partial charge in [0.25, 0.3) is 0 Å². The van der Waals surface area contributed by atoms with Crippen LogP contribution in [0.15, 0.2) is 24.5 Å². The second-order valence-electron chi connectivity index (χ2n) is 5.24. The number of thioether (sulfide) groups is 1. The summed E-state index contributed by atoms with van der Waals surface area (Å²) in [5.74, 6) is -0.323. The van der Waals surface area contributed by atoms with Crippen LogP contribution in [0.1, 0.15) is 19.4 Å². The molecule has 2 amide bonds. The van der Waals surface area contributed by atoms with Gasteiger partial charge in [0.05, 0.1) is 5.37 Å². The summed E-state index contributed by atoms with van der Waals surface area (Å²) in [7, 11) is 0. The van der Waals surface area contributed by atoms with E-state index in [4.69, 9.17) is 0 Å². The van der Waals surface area contributed by atoms with Gasteiger partial charge in [0.1, 0.15) is 6.04 Å². The fourth-order valence-corrected chi connectivity index (χ4v) is 3.73. The molecule has 2 rings (SSSR count). The molecule has 0 aliphatic carbocycles. The Morgan fingerprint density at radius 3 is 2.71 bits per heavy atom. The zero-order chi connectivity index (χ0) is 15.4. The molecule has 1 aliphatic heterocycles. The van der Waals surface area contributed by atoms with E-state index in [1.165, 1.54) is 16.7 Å². The summed E-state index contributed by atoms with van der Waals surface area (Å²) in [6.45, 7) is 4.34. The van der Waals surface area contributed by atoms with Crippen LogP contribution in [-0.2, 0) is 11.3 Å². The first kappa shape index (κ1) is 15.6. The van der Waals surface area contributed by atoms with Gasteiger partial charge >= 0.3 is 12.0 Å². The van der Waals surface area contributed by atoms with Gasteiger partial charge in [-0.15, -0.1) is 11.8 Å². The summed E-state index contributed by atoms with van der Waals surface area (Å²) in [5.41, 5.74) is 0.929. The van der Waals surface area contributed by atoms with E-state index in [-0.39, 0.29) is 17.3 Å². The number of carboxylic acids is 1. The Morgan fingerprint density at radius 2 is 2.14 bits per heavy atom. The molecule has 21 heavy (non-hydrogen) atoms. The van der Waals surface area contributed by atoms with Gasteiger partial charge in [0.2, 0.25) is 0 Å². The van der Waals surface area contributed by atoms with E-state index in [0.717, 1.165) is 5.56 Å². The van der Waals surface area contributed by atoms with Gasteiger partial charge in [-0.1, -0.05) is 13.8 Å². The fraction of sp³-hybridized carbons (Fsp3) is 0.500. The highest BCUT2D eigenvalue weighted by Gasteiger charge is 2.42. The summed E-state index contributed by atoms with van der Waals surface area (Å²) >= 11 is 1.52.